The van der Waals surface area contributed by atoms with Crippen molar-refractivity contribution in [1.82, 2.24) is 25.5 Å². The molecule has 68 heavy (non-hydrogen) atoms. The number of hydrogen-bond acceptors (Lipinski definition) is 11. The Balaban J connectivity index is 0.752. The molecule has 3 N–H and O–H groups in total. The van der Waals surface area contributed by atoms with Crippen LogP contribution >= 0.6 is 22.7 Å². The van der Waals surface area contributed by atoms with E-state index < -0.39 is 23.4 Å². The van der Waals surface area contributed by atoms with Gasteiger partial charge in [-0.1, -0.05) is 57.2 Å². The van der Waals surface area contributed by atoms with Crippen molar-refractivity contribution in [1.29, 1.82) is 0 Å². The maximum atomic E-state index is 14.0. The standard InChI is InChI=1S/C53H54FN5O7S2/c1-33-48(67-32-57-33)36-11-9-34(10-12-36)29-56-51(62)44-8-7-25-59(44)52(63)50(53(2,3)4)58-46(61)31-64-26-5-6-27-65-41-22-24-43(55-30-41)35-15-20-40(21-16-35)66-47-42-23-19-39(60)28-45(42)68-49(47)37-13-17-38(54)18-14-37/h9-24,28,30,32,44,50,60H,5-8,25-27,29,31H2,1-4H3,(H,56,62)(H,58,61)/t44-,50?/m0/s1. The lowest BCUT2D eigenvalue weighted by Gasteiger charge is -2.35. The predicted octanol–water partition coefficient (Wildman–Crippen LogP) is 10.7. The first kappa shape index (κ1) is 47.8. The highest BCUT2D eigenvalue weighted by Gasteiger charge is 2.41. The smallest absolute Gasteiger partial charge is 0.246 e. The first-order valence-electron chi connectivity index (χ1n) is 22.6. The molecule has 0 aliphatic carbocycles. The predicted molar refractivity (Wildman–Crippen MR) is 264 cm³/mol. The molecule has 0 spiro atoms. The summed E-state index contributed by atoms with van der Waals surface area (Å²) in [6, 6.07) is 29.3. The van der Waals surface area contributed by atoms with E-state index in [4.69, 9.17) is 14.2 Å². The fraction of sp³-hybridized carbons (Fsp3) is 0.302. The number of likely N-dealkylation sites (tertiary alicyclic amines) is 1. The molecule has 1 saturated heterocycles. The fourth-order valence-corrected chi connectivity index (χ4v) is 10.0. The first-order valence-corrected chi connectivity index (χ1v) is 24.3. The molecule has 12 nitrogen and oxygen atoms in total. The van der Waals surface area contributed by atoms with Crippen LogP contribution in [0.1, 0.15) is 57.7 Å². The van der Waals surface area contributed by atoms with Crippen LogP contribution in [0.5, 0.6) is 23.0 Å². The SMILES string of the molecule is Cc1ncsc1-c1ccc(CNC(=O)[C@@H]2CCCN2C(=O)C(NC(=O)COCCCCOc2ccc(-c3ccc(Oc4c(-c5ccc(F)cc5)sc5cc(O)ccc45)cc3)nc2)C(C)(C)C)cc1. The van der Waals surface area contributed by atoms with Gasteiger partial charge < -0.3 is 34.9 Å². The molecule has 1 fully saturated rings. The second-order valence-corrected chi connectivity index (χ2v) is 19.7. The number of thiazole rings is 1. The maximum Gasteiger partial charge on any atom is 0.246 e. The van der Waals surface area contributed by atoms with E-state index in [1.807, 2.05) is 99.9 Å². The molecule has 1 aliphatic heterocycles. The number of phenols is 1. The van der Waals surface area contributed by atoms with E-state index >= 15 is 0 Å². The number of carbonyl (C=O) groups is 3. The third kappa shape index (κ3) is 11.7. The minimum absolute atomic E-state index is 0.157. The van der Waals surface area contributed by atoms with Crippen molar-refractivity contribution in [3.05, 3.63) is 132 Å². The van der Waals surface area contributed by atoms with E-state index in [1.165, 1.54) is 23.5 Å². The zero-order chi connectivity index (χ0) is 47.8. The van der Waals surface area contributed by atoms with E-state index in [2.05, 4.69) is 20.6 Å². The van der Waals surface area contributed by atoms with Crippen LogP contribution in [-0.4, -0.2) is 76.1 Å². The molecule has 2 atom stereocenters. The second-order valence-electron chi connectivity index (χ2n) is 17.8. The number of halogens is 1. The maximum absolute atomic E-state index is 14.0. The van der Waals surface area contributed by atoms with Gasteiger partial charge in [-0.2, -0.15) is 0 Å². The van der Waals surface area contributed by atoms with Gasteiger partial charge in [0.25, 0.3) is 0 Å². The number of nitrogens with zero attached hydrogens (tertiary/aromatic N) is 3. The van der Waals surface area contributed by atoms with Gasteiger partial charge in [0.05, 0.1) is 39.5 Å². The largest absolute Gasteiger partial charge is 0.508 e. The normalized spacial score (nSPS) is 14.2. The molecule has 3 aromatic heterocycles. The van der Waals surface area contributed by atoms with Crippen molar-refractivity contribution < 1.29 is 38.1 Å². The Labute approximate surface area is 403 Å². The van der Waals surface area contributed by atoms with Gasteiger partial charge in [0, 0.05) is 35.3 Å². The number of aromatic hydroxyl groups is 1. The second kappa shape index (κ2) is 21.5. The highest BCUT2D eigenvalue weighted by molar-refractivity contribution is 7.22. The Morgan fingerprint density at radius 1 is 0.868 bits per heavy atom. The van der Waals surface area contributed by atoms with Crippen LogP contribution in [0, 0.1) is 18.2 Å². The average Bonchev–Trinajstić information content (AvgIpc) is 4.09. The Morgan fingerprint density at radius 3 is 2.28 bits per heavy atom. The molecule has 0 radical (unpaired) electrons. The molecular formula is C53H54FN5O7S2. The van der Waals surface area contributed by atoms with Crippen LogP contribution in [-0.2, 0) is 25.7 Å². The topological polar surface area (TPSA) is 152 Å². The summed E-state index contributed by atoms with van der Waals surface area (Å²) >= 11 is 3.06. The van der Waals surface area contributed by atoms with Crippen LogP contribution < -0.4 is 20.1 Å². The number of amides is 3. The number of ether oxygens (including phenoxy) is 3. The highest BCUT2D eigenvalue weighted by atomic mass is 32.1. The summed E-state index contributed by atoms with van der Waals surface area (Å²) in [7, 11) is 0. The van der Waals surface area contributed by atoms with E-state index in [0.29, 0.717) is 69.2 Å². The molecule has 8 rings (SSSR count). The summed E-state index contributed by atoms with van der Waals surface area (Å²) in [6.45, 7) is 9.03. The molecule has 4 heterocycles. The Bertz CT molecular complexity index is 2840. The average molecular weight is 956 g/mol. The molecule has 0 saturated carbocycles. The fourth-order valence-electron chi connectivity index (χ4n) is 8.04. The summed E-state index contributed by atoms with van der Waals surface area (Å²) in [5, 5.41) is 16.8. The third-order valence-electron chi connectivity index (χ3n) is 11.7. The number of rotatable bonds is 18. The van der Waals surface area contributed by atoms with Crippen LogP contribution in [0.25, 0.3) is 42.2 Å². The number of thiophene rings is 1. The van der Waals surface area contributed by atoms with Crippen molar-refractivity contribution in [2.24, 2.45) is 5.41 Å². The summed E-state index contributed by atoms with van der Waals surface area (Å²) in [4.78, 5) is 52.9. The number of unbranched alkanes of at least 4 members (excludes halogenated alkanes) is 1. The van der Waals surface area contributed by atoms with Crippen LogP contribution in [0.2, 0.25) is 0 Å². The highest BCUT2D eigenvalue weighted by Crippen LogP contribution is 2.47. The molecule has 1 aliphatic rings. The zero-order valence-electron chi connectivity index (χ0n) is 38.4. The molecule has 15 heteroatoms. The van der Waals surface area contributed by atoms with Gasteiger partial charge in [0.15, 0.2) is 5.75 Å². The quantitative estimate of drug-likeness (QED) is 0.0714. The Hall–Kier alpha value is -6.68. The van der Waals surface area contributed by atoms with Gasteiger partial charge in [-0.05, 0) is 121 Å². The number of fused-ring (bicyclic) bond motifs is 1. The minimum Gasteiger partial charge on any atom is -0.508 e. The van der Waals surface area contributed by atoms with Gasteiger partial charge in [0.1, 0.15) is 41.8 Å². The van der Waals surface area contributed by atoms with E-state index in [1.54, 1.807) is 46.7 Å². The number of nitrogens with one attached hydrogen (secondary N) is 2. The molecule has 7 aromatic rings. The number of aryl methyl sites for hydroxylation is 1. The minimum atomic E-state index is -0.838. The van der Waals surface area contributed by atoms with Crippen LogP contribution in [0.3, 0.4) is 0 Å². The van der Waals surface area contributed by atoms with Gasteiger partial charge >= 0.3 is 0 Å². The van der Waals surface area contributed by atoms with Crippen molar-refractivity contribution in [2.45, 2.75) is 72.0 Å². The van der Waals surface area contributed by atoms with Gasteiger partial charge in [-0.15, -0.1) is 22.7 Å². The lowest BCUT2D eigenvalue weighted by molar-refractivity contribution is -0.144. The third-order valence-corrected chi connectivity index (χ3v) is 13.9. The van der Waals surface area contributed by atoms with E-state index in [-0.39, 0.29) is 30.0 Å². The van der Waals surface area contributed by atoms with Crippen LogP contribution in [0.15, 0.2) is 115 Å². The summed E-state index contributed by atoms with van der Waals surface area (Å²) < 4.78 is 32.6. The van der Waals surface area contributed by atoms with Gasteiger partial charge in [-0.25, -0.2) is 9.37 Å². The molecule has 4 aromatic carbocycles. The molecule has 352 valence electrons. The van der Waals surface area contributed by atoms with Crippen molar-refractivity contribution >= 4 is 50.5 Å². The number of carbonyl (C=O) groups excluding carboxylic acids is 3. The lowest BCUT2D eigenvalue weighted by Crippen LogP contribution is -2.58. The van der Waals surface area contributed by atoms with E-state index in [0.717, 1.165) is 53.5 Å². The molecular weight excluding hydrogens is 902 g/mol. The molecule has 0 bridgehead atoms. The molecule has 1 unspecified atom stereocenters. The number of pyridine rings is 1. The summed E-state index contributed by atoms with van der Waals surface area (Å²) in [5.74, 6) is 0.830. The number of phenolic OH excluding ortho intramolecular Hbond substituents is 1. The van der Waals surface area contributed by atoms with Crippen LogP contribution in [0.4, 0.5) is 4.39 Å². The van der Waals surface area contributed by atoms with E-state index in [9.17, 15) is 23.9 Å². The lowest BCUT2D eigenvalue weighted by atomic mass is 9.85. The Morgan fingerprint density at radius 2 is 1.57 bits per heavy atom. The van der Waals surface area contributed by atoms with Crippen molar-refractivity contribution in [3.8, 4) is 55.1 Å². The van der Waals surface area contributed by atoms with Crippen molar-refractivity contribution in [3.63, 3.8) is 0 Å². The first-order chi connectivity index (χ1) is 32.8. The van der Waals surface area contributed by atoms with Gasteiger partial charge in [-0.3, -0.25) is 19.4 Å². The van der Waals surface area contributed by atoms with Crippen molar-refractivity contribution in [2.75, 3.05) is 26.4 Å². The number of hydrogen-bond donors (Lipinski definition) is 3. The monoisotopic (exact) mass is 955 g/mol. The van der Waals surface area contributed by atoms with Gasteiger partial charge in [0.2, 0.25) is 17.7 Å². The number of benzene rings is 4. The molecule has 3 amide bonds. The number of aromatic nitrogens is 2. The zero-order valence-corrected chi connectivity index (χ0v) is 40.1. The summed E-state index contributed by atoms with van der Waals surface area (Å²) in [6.07, 6.45) is 4.28. The Kier molecular flexibility index (Phi) is 15.1. The summed E-state index contributed by atoms with van der Waals surface area (Å²) in [5.41, 5.74) is 6.71.